The van der Waals surface area contributed by atoms with Gasteiger partial charge in [0.05, 0.1) is 20.6 Å². The van der Waals surface area contributed by atoms with Crippen molar-refractivity contribution in [2.45, 2.75) is 19.5 Å². The summed E-state index contributed by atoms with van der Waals surface area (Å²) >= 11 is 13.7. The van der Waals surface area contributed by atoms with E-state index in [4.69, 9.17) is 32.7 Å². The van der Waals surface area contributed by atoms with E-state index < -0.39 is 0 Å². The molecule has 0 aliphatic heterocycles. The monoisotopic (exact) mass is 396 g/mol. The van der Waals surface area contributed by atoms with Crippen molar-refractivity contribution in [2.24, 2.45) is 0 Å². The molecule has 2 heterocycles. The normalized spacial score (nSPS) is 11.4. The number of rotatable bonds is 8. The quantitative estimate of drug-likeness (QED) is 0.575. The molecule has 0 saturated heterocycles. The van der Waals surface area contributed by atoms with Crippen LogP contribution in [0.3, 0.4) is 0 Å². The molecule has 0 fully saturated rings. The van der Waals surface area contributed by atoms with Crippen LogP contribution in [0, 0.1) is 0 Å². The number of halogens is 2. The van der Waals surface area contributed by atoms with Crippen LogP contribution in [0.1, 0.15) is 17.7 Å². The fraction of sp³-hybridized carbons (Fsp3) is 0.278. The summed E-state index contributed by atoms with van der Waals surface area (Å²) in [6.45, 7) is 2.22. The average molecular weight is 397 g/mol. The maximum atomic E-state index is 9.16. The molecule has 0 saturated carbocycles. The number of nitrogens with zero attached hydrogens (tertiary/aromatic N) is 2. The first kappa shape index (κ1) is 18.4. The van der Waals surface area contributed by atoms with Crippen LogP contribution in [0.5, 0.6) is 0 Å². The van der Waals surface area contributed by atoms with Gasteiger partial charge in [-0.3, -0.25) is 4.90 Å². The molecule has 0 bridgehead atoms. The van der Waals surface area contributed by atoms with E-state index >= 15 is 0 Å². The molecule has 0 unspecified atom stereocenters. The zero-order valence-corrected chi connectivity index (χ0v) is 15.8. The third-order valence-electron chi connectivity index (χ3n) is 3.69. The van der Waals surface area contributed by atoms with Crippen molar-refractivity contribution < 1.29 is 9.52 Å². The van der Waals surface area contributed by atoms with E-state index in [2.05, 4.69) is 9.88 Å². The van der Waals surface area contributed by atoms with Crippen LogP contribution < -0.4 is 0 Å². The zero-order chi connectivity index (χ0) is 17.6. The molecule has 0 spiro atoms. The lowest BCUT2D eigenvalue weighted by Crippen LogP contribution is -2.24. The number of aliphatic hydroxyl groups excluding tert-OH is 1. The van der Waals surface area contributed by atoms with Gasteiger partial charge in [0.1, 0.15) is 6.26 Å². The first-order valence-electron chi connectivity index (χ1n) is 7.91. The van der Waals surface area contributed by atoms with E-state index in [-0.39, 0.29) is 6.61 Å². The van der Waals surface area contributed by atoms with Gasteiger partial charge in [0, 0.05) is 26.2 Å². The number of thiophene rings is 1. The van der Waals surface area contributed by atoms with E-state index in [0.29, 0.717) is 35.4 Å². The van der Waals surface area contributed by atoms with Crippen LogP contribution in [-0.2, 0) is 13.1 Å². The van der Waals surface area contributed by atoms with Crippen LogP contribution in [-0.4, -0.2) is 28.1 Å². The molecule has 3 rings (SSSR count). The number of aromatic nitrogens is 1. The fourth-order valence-corrected chi connectivity index (χ4v) is 3.50. The minimum Gasteiger partial charge on any atom is -0.444 e. The smallest absolute Gasteiger partial charge is 0.236 e. The van der Waals surface area contributed by atoms with Gasteiger partial charge in [0.2, 0.25) is 5.89 Å². The van der Waals surface area contributed by atoms with Crippen molar-refractivity contribution in [1.82, 2.24) is 9.88 Å². The molecule has 0 radical (unpaired) electrons. The molecule has 0 aliphatic carbocycles. The Kier molecular flexibility index (Phi) is 6.51. The molecule has 25 heavy (non-hydrogen) atoms. The van der Waals surface area contributed by atoms with Crippen molar-refractivity contribution >= 4 is 34.5 Å². The number of aliphatic hydroxyl groups is 1. The summed E-state index contributed by atoms with van der Waals surface area (Å²) in [5.74, 6) is 0.640. The molecule has 0 atom stereocenters. The lowest BCUT2D eigenvalue weighted by molar-refractivity contribution is 0.211. The van der Waals surface area contributed by atoms with Crippen molar-refractivity contribution in [1.29, 1.82) is 0 Å². The molecule has 0 amide bonds. The van der Waals surface area contributed by atoms with Gasteiger partial charge in [-0.1, -0.05) is 35.3 Å². The van der Waals surface area contributed by atoms with Gasteiger partial charge in [0.25, 0.3) is 0 Å². The number of oxazole rings is 1. The van der Waals surface area contributed by atoms with Crippen LogP contribution in [0.4, 0.5) is 0 Å². The van der Waals surface area contributed by atoms with E-state index in [1.165, 1.54) is 0 Å². The Bertz CT molecular complexity index is 805. The SMILES string of the molecule is OCCCN(Cc1ccc(Cl)c(Cl)c1)Cc1coc(-c2cccs2)n1. The molecule has 3 aromatic rings. The van der Waals surface area contributed by atoms with Gasteiger partial charge < -0.3 is 9.52 Å². The second-order valence-corrected chi connectivity index (χ2v) is 7.42. The summed E-state index contributed by atoms with van der Waals surface area (Å²) in [5.41, 5.74) is 1.93. The summed E-state index contributed by atoms with van der Waals surface area (Å²) in [7, 11) is 0. The van der Waals surface area contributed by atoms with Crippen molar-refractivity contribution in [2.75, 3.05) is 13.2 Å². The second kappa shape index (κ2) is 8.83. The number of hydrogen-bond donors (Lipinski definition) is 1. The van der Waals surface area contributed by atoms with Crippen molar-refractivity contribution in [3.8, 4) is 10.8 Å². The van der Waals surface area contributed by atoms with Crippen LogP contribution >= 0.6 is 34.5 Å². The third-order valence-corrected chi connectivity index (χ3v) is 5.29. The Hall–Kier alpha value is -1.37. The number of hydrogen-bond acceptors (Lipinski definition) is 5. The molecule has 0 aliphatic rings. The third kappa shape index (κ3) is 5.06. The predicted molar refractivity (Wildman–Crippen MR) is 102 cm³/mol. The van der Waals surface area contributed by atoms with Gasteiger partial charge in [0.15, 0.2) is 0 Å². The summed E-state index contributed by atoms with van der Waals surface area (Å²) in [6.07, 6.45) is 2.38. The maximum Gasteiger partial charge on any atom is 0.236 e. The highest BCUT2D eigenvalue weighted by Crippen LogP contribution is 2.25. The van der Waals surface area contributed by atoms with E-state index in [1.54, 1.807) is 23.7 Å². The van der Waals surface area contributed by atoms with Crippen LogP contribution in [0.25, 0.3) is 10.8 Å². The summed E-state index contributed by atoms with van der Waals surface area (Å²) in [4.78, 5) is 7.78. The van der Waals surface area contributed by atoms with Gasteiger partial charge in [-0.25, -0.2) is 4.98 Å². The van der Waals surface area contributed by atoms with Gasteiger partial charge in [-0.05, 0) is 35.6 Å². The highest BCUT2D eigenvalue weighted by Gasteiger charge is 2.13. The summed E-state index contributed by atoms with van der Waals surface area (Å²) in [6, 6.07) is 9.59. The molecular formula is C18H18Cl2N2O2S. The largest absolute Gasteiger partial charge is 0.444 e. The molecule has 1 N–H and O–H groups in total. The average Bonchev–Trinajstić information content (AvgIpc) is 3.27. The first-order chi connectivity index (χ1) is 12.2. The zero-order valence-electron chi connectivity index (χ0n) is 13.5. The van der Waals surface area contributed by atoms with Gasteiger partial charge in [-0.15, -0.1) is 11.3 Å². The Balaban J connectivity index is 1.71. The number of benzene rings is 1. The van der Waals surface area contributed by atoms with E-state index in [1.807, 2.05) is 29.6 Å². The highest BCUT2D eigenvalue weighted by molar-refractivity contribution is 7.13. The fourth-order valence-electron chi connectivity index (χ4n) is 2.53. The Labute approximate surface area is 160 Å². The van der Waals surface area contributed by atoms with E-state index in [0.717, 1.165) is 22.7 Å². The van der Waals surface area contributed by atoms with Crippen molar-refractivity contribution in [3.05, 3.63) is 63.3 Å². The Morgan fingerprint density at radius 2 is 2.04 bits per heavy atom. The van der Waals surface area contributed by atoms with Crippen LogP contribution in [0.15, 0.2) is 46.4 Å². The lowest BCUT2D eigenvalue weighted by atomic mass is 10.2. The molecular weight excluding hydrogens is 379 g/mol. The molecule has 2 aromatic heterocycles. The molecule has 132 valence electrons. The lowest BCUT2D eigenvalue weighted by Gasteiger charge is -2.21. The van der Waals surface area contributed by atoms with Crippen molar-refractivity contribution in [3.63, 3.8) is 0 Å². The highest BCUT2D eigenvalue weighted by atomic mass is 35.5. The molecule has 4 nitrogen and oxygen atoms in total. The summed E-state index contributed by atoms with van der Waals surface area (Å²) < 4.78 is 5.58. The molecule has 7 heteroatoms. The predicted octanol–water partition coefficient (Wildman–Crippen LogP) is 5.09. The standard InChI is InChI=1S/C18H18Cl2N2O2S/c19-15-5-4-13(9-16(15)20)10-22(6-2-7-23)11-14-12-24-18(21-14)17-3-1-8-25-17/h1,3-5,8-9,12,23H,2,6-7,10-11H2. The molecule has 1 aromatic carbocycles. The Morgan fingerprint density at radius 1 is 1.16 bits per heavy atom. The topological polar surface area (TPSA) is 49.5 Å². The summed E-state index contributed by atoms with van der Waals surface area (Å²) in [5, 5.41) is 12.2. The first-order valence-corrected chi connectivity index (χ1v) is 9.54. The van der Waals surface area contributed by atoms with E-state index in [9.17, 15) is 0 Å². The van der Waals surface area contributed by atoms with Gasteiger partial charge >= 0.3 is 0 Å². The van der Waals surface area contributed by atoms with Gasteiger partial charge in [-0.2, -0.15) is 0 Å². The second-order valence-electron chi connectivity index (χ2n) is 5.66. The Morgan fingerprint density at radius 3 is 2.76 bits per heavy atom. The minimum absolute atomic E-state index is 0.150. The van der Waals surface area contributed by atoms with Crippen LogP contribution in [0.2, 0.25) is 10.0 Å². The maximum absolute atomic E-state index is 9.16. The minimum atomic E-state index is 0.150.